The number of ether oxygens (including phenoxy) is 1. The van der Waals surface area contributed by atoms with Gasteiger partial charge in [-0.1, -0.05) is 0 Å². The lowest BCUT2D eigenvalue weighted by Gasteiger charge is -2.10. The van der Waals surface area contributed by atoms with Gasteiger partial charge < -0.3 is 15.4 Å². The van der Waals surface area contributed by atoms with Crippen LogP contribution in [0.4, 0.5) is 0 Å². The Bertz CT molecular complexity index is 211. The molecule has 0 aromatic carbocycles. The lowest BCUT2D eigenvalue weighted by atomic mass is 10.2. The van der Waals surface area contributed by atoms with Crippen LogP contribution in [0, 0.1) is 0 Å². The van der Waals surface area contributed by atoms with Crippen molar-refractivity contribution in [1.29, 1.82) is 0 Å². The van der Waals surface area contributed by atoms with Gasteiger partial charge in [0.1, 0.15) is 6.10 Å². The van der Waals surface area contributed by atoms with Gasteiger partial charge in [-0.15, -0.1) is 0 Å². The molecule has 1 unspecified atom stereocenters. The van der Waals surface area contributed by atoms with E-state index < -0.39 is 0 Å². The first-order valence-corrected chi connectivity index (χ1v) is 5.99. The quantitative estimate of drug-likeness (QED) is 0.628. The van der Waals surface area contributed by atoms with Crippen molar-refractivity contribution in [2.45, 2.75) is 44.2 Å². The summed E-state index contributed by atoms with van der Waals surface area (Å²) in [4.78, 5) is 11.5. The molecule has 86 valence electrons. The smallest absolute Gasteiger partial charge is 0.249 e. The minimum atomic E-state index is -0.179. The summed E-state index contributed by atoms with van der Waals surface area (Å²) in [5.41, 5.74) is 0. The molecule has 2 aliphatic rings. The van der Waals surface area contributed by atoms with Gasteiger partial charge in [0.05, 0.1) is 0 Å². The van der Waals surface area contributed by atoms with E-state index in [0.29, 0.717) is 0 Å². The number of hydrogen-bond donors (Lipinski definition) is 2. The molecule has 4 nitrogen and oxygen atoms in total. The van der Waals surface area contributed by atoms with Crippen LogP contribution in [-0.4, -0.2) is 37.7 Å². The van der Waals surface area contributed by atoms with E-state index in [1.54, 1.807) is 0 Å². The average molecular weight is 212 g/mol. The van der Waals surface area contributed by atoms with E-state index in [-0.39, 0.29) is 12.0 Å². The van der Waals surface area contributed by atoms with Crippen LogP contribution < -0.4 is 10.6 Å². The molecule has 1 aliphatic heterocycles. The molecule has 2 N–H and O–H groups in total. The maximum absolute atomic E-state index is 11.5. The van der Waals surface area contributed by atoms with Gasteiger partial charge in [0.15, 0.2) is 0 Å². The summed E-state index contributed by atoms with van der Waals surface area (Å²) >= 11 is 0. The maximum atomic E-state index is 11.5. The fraction of sp³-hybridized carbons (Fsp3) is 0.909. The Morgan fingerprint density at radius 1 is 1.27 bits per heavy atom. The Labute approximate surface area is 90.8 Å². The third-order valence-corrected chi connectivity index (χ3v) is 2.89. The topological polar surface area (TPSA) is 50.4 Å². The molecule has 15 heavy (non-hydrogen) atoms. The van der Waals surface area contributed by atoms with Crippen LogP contribution >= 0.6 is 0 Å². The summed E-state index contributed by atoms with van der Waals surface area (Å²) in [5, 5.41) is 6.33. The standard InChI is InChI=1S/C11H20N2O2/c14-11(10-3-1-8-15-10)13-7-2-6-12-9-4-5-9/h9-10,12H,1-8H2,(H,13,14). The van der Waals surface area contributed by atoms with Crippen molar-refractivity contribution in [3.05, 3.63) is 0 Å². The van der Waals surface area contributed by atoms with E-state index in [1.165, 1.54) is 12.8 Å². The van der Waals surface area contributed by atoms with Gasteiger partial charge in [-0.25, -0.2) is 0 Å². The van der Waals surface area contributed by atoms with E-state index in [4.69, 9.17) is 4.74 Å². The van der Waals surface area contributed by atoms with Crippen LogP contribution in [0.25, 0.3) is 0 Å². The number of carbonyl (C=O) groups excluding carboxylic acids is 1. The lowest BCUT2D eigenvalue weighted by Crippen LogP contribution is -2.35. The second-order valence-corrected chi connectivity index (χ2v) is 4.37. The molecule has 0 aromatic heterocycles. The van der Waals surface area contributed by atoms with Crippen LogP contribution in [0.3, 0.4) is 0 Å². The van der Waals surface area contributed by atoms with Crippen molar-refractivity contribution >= 4 is 5.91 Å². The molecule has 1 saturated carbocycles. The second kappa shape index (κ2) is 5.47. The SMILES string of the molecule is O=C(NCCCNC1CC1)C1CCCO1. The molecule has 1 atom stereocenters. The number of hydrogen-bond acceptors (Lipinski definition) is 3. The molecule has 1 amide bonds. The number of amides is 1. The van der Waals surface area contributed by atoms with Gasteiger partial charge in [0, 0.05) is 19.2 Å². The molecule has 0 radical (unpaired) electrons. The monoisotopic (exact) mass is 212 g/mol. The molecule has 1 aliphatic carbocycles. The largest absolute Gasteiger partial charge is 0.368 e. The molecule has 0 spiro atoms. The summed E-state index contributed by atoms with van der Waals surface area (Å²) in [6, 6.07) is 0.763. The molecule has 1 saturated heterocycles. The van der Waals surface area contributed by atoms with Crippen molar-refractivity contribution in [2.24, 2.45) is 0 Å². The van der Waals surface area contributed by atoms with E-state index in [0.717, 1.165) is 45.0 Å². The van der Waals surface area contributed by atoms with Crippen LogP contribution in [0.15, 0.2) is 0 Å². The Balaban J connectivity index is 1.46. The summed E-state index contributed by atoms with van der Waals surface area (Å²) in [5.74, 6) is 0.0684. The van der Waals surface area contributed by atoms with Gasteiger partial charge >= 0.3 is 0 Å². The van der Waals surface area contributed by atoms with Crippen molar-refractivity contribution < 1.29 is 9.53 Å². The first-order chi connectivity index (χ1) is 7.36. The highest BCUT2D eigenvalue weighted by molar-refractivity contribution is 5.80. The highest BCUT2D eigenvalue weighted by Gasteiger charge is 2.23. The number of carbonyl (C=O) groups is 1. The van der Waals surface area contributed by atoms with Gasteiger partial charge in [-0.05, 0) is 38.6 Å². The molecule has 1 heterocycles. The average Bonchev–Trinajstić information content (AvgIpc) is 2.90. The molecular formula is C11H20N2O2. The third kappa shape index (κ3) is 3.80. The minimum absolute atomic E-state index is 0.0684. The van der Waals surface area contributed by atoms with E-state index in [1.807, 2.05) is 0 Å². The van der Waals surface area contributed by atoms with Gasteiger partial charge in [-0.2, -0.15) is 0 Å². The highest BCUT2D eigenvalue weighted by Crippen LogP contribution is 2.18. The predicted molar refractivity (Wildman–Crippen MR) is 57.6 cm³/mol. The van der Waals surface area contributed by atoms with Crippen molar-refractivity contribution in [3.63, 3.8) is 0 Å². The highest BCUT2D eigenvalue weighted by atomic mass is 16.5. The maximum Gasteiger partial charge on any atom is 0.249 e. The van der Waals surface area contributed by atoms with Crippen LogP contribution in [0.5, 0.6) is 0 Å². The van der Waals surface area contributed by atoms with Gasteiger partial charge in [0.2, 0.25) is 5.91 Å². The zero-order chi connectivity index (χ0) is 10.5. The van der Waals surface area contributed by atoms with Crippen LogP contribution in [0.2, 0.25) is 0 Å². The number of nitrogens with one attached hydrogen (secondary N) is 2. The first kappa shape index (κ1) is 10.9. The third-order valence-electron chi connectivity index (χ3n) is 2.89. The van der Waals surface area contributed by atoms with E-state index in [9.17, 15) is 4.79 Å². The molecular weight excluding hydrogens is 192 g/mol. The fourth-order valence-electron chi connectivity index (χ4n) is 1.79. The van der Waals surface area contributed by atoms with Crippen molar-refractivity contribution in [1.82, 2.24) is 10.6 Å². The Hall–Kier alpha value is -0.610. The Morgan fingerprint density at radius 2 is 2.13 bits per heavy atom. The minimum Gasteiger partial charge on any atom is -0.368 e. The van der Waals surface area contributed by atoms with Gasteiger partial charge in [-0.3, -0.25) is 4.79 Å². The molecule has 4 heteroatoms. The summed E-state index contributed by atoms with van der Waals surface area (Å²) in [7, 11) is 0. The number of rotatable bonds is 6. The molecule has 2 fully saturated rings. The van der Waals surface area contributed by atoms with Crippen molar-refractivity contribution in [2.75, 3.05) is 19.7 Å². The van der Waals surface area contributed by atoms with Crippen molar-refractivity contribution in [3.8, 4) is 0 Å². The summed E-state index contributed by atoms with van der Waals surface area (Å²) in [6.07, 6.45) is 5.37. The molecule has 0 bridgehead atoms. The van der Waals surface area contributed by atoms with Crippen LogP contribution in [0.1, 0.15) is 32.1 Å². The Kier molecular flexibility index (Phi) is 3.97. The van der Waals surface area contributed by atoms with E-state index in [2.05, 4.69) is 10.6 Å². The predicted octanol–water partition coefficient (Wildman–Crippen LogP) is 0.424. The van der Waals surface area contributed by atoms with Crippen LogP contribution in [-0.2, 0) is 9.53 Å². The summed E-state index contributed by atoms with van der Waals surface area (Å²) < 4.78 is 5.29. The zero-order valence-electron chi connectivity index (χ0n) is 9.13. The Morgan fingerprint density at radius 3 is 2.80 bits per heavy atom. The second-order valence-electron chi connectivity index (χ2n) is 4.37. The van der Waals surface area contributed by atoms with E-state index >= 15 is 0 Å². The molecule has 2 rings (SSSR count). The normalized spacial score (nSPS) is 25.5. The lowest BCUT2D eigenvalue weighted by molar-refractivity contribution is -0.130. The molecule has 0 aromatic rings. The first-order valence-electron chi connectivity index (χ1n) is 5.99. The fourth-order valence-corrected chi connectivity index (χ4v) is 1.79. The van der Waals surface area contributed by atoms with Gasteiger partial charge in [0.25, 0.3) is 0 Å². The zero-order valence-corrected chi connectivity index (χ0v) is 9.13. The summed E-state index contributed by atoms with van der Waals surface area (Å²) in [6.45, 7) is 2.51.